The van der Waals surface area contributed by atoms with Gasteiger partial charge in [-0.3, -0.25) is 4.79 Å². The lowest BCUT2D eigenvalue weighted by Crippen LogP contribution is -2.40. The Hall–Kier alpha value is -2.89. The molecule has 4 rings (SSSR count). The molecule has 0 saturated carbocycles. The molecule has 12 heteroatoms. The Labute approximate surface area is 187 Å². The molecule has 0 bridgehead atoms. The minimum atomic E-state index is -5.01. The lowest BCUT2D eigenvalue weighted by atomic mass is 9.97. The molecule has 2 aromatic carbocycles. The third kappa shape index (κ3) is 5.21. The highest BCUT2D eigenvalue weighted by molar-refractivity contribution is 7.22. The van der Waals surface area contributed by atoms with Crippen molar-refractivity contribution in [2.75, 3.05) is 23.3 Å². The van der Waals surface area contributed by atoms with E-state index in [-0.39, 0.29) is 12.6 Å². The number of carbonyl (C=O) groups is 1. The summed E-state index contributed by atoms with van der Waals surface area (Å²) in [6.07, 6.45) is -9.03. The van der Waals surface area contributed by atoms with Crippen LogP contribution in [0.1, 0.15) is 24.0 Å². The lowest BCUT2D eigenvalue weighted by molar-refractivity contribution is -0.143. The predicted octanol–water partition coefficient (Wildman–Crippen LogP) is 6.33. The van der Waals surface area contributed by atoms with E-state index in [4.69, 9.17) is 0 Å². The smallest absolute Gasteiger partial charge is 0.347 e. The Bertz CT molecular complexity index is 1160. The molecule has 1 aliphatic heterocycles. The first-order valence-electron chi connectivity index (χ1n) is 9.81. The first-order chi connectivity index (χ1) is 15.4. The topological polar surface area (TPSA) is 45.2 Å². The quantitative estimate of drug-likeness (QED) is 0.436. The molecule has 176 valence electrons. The van der Waals surface area contributed by atoms with Crippen molar-refractivity contribution in [3.05, 3.63) is 53.3 Å². The van der Waals surface area contributed by atoms with E-state index in [1.165, 1.54) is 29.5 Å². The summed E-state index contributed by atoms with van der Waals surface area (Å²) in [5.74, 6) is -1.77. The zero-order valence-electron chi connectivity index (χ0n) is 16.7. The number of anilines is 2. The summed E-state index contributed by atoms with van der Waals surface area (Å²) in [6, 6.07) is 5.13. The summed E-state index contributed by atoms with van der Waals surface area (Å²) in [5.41, 5.74) is -2.99. The zero-order valence-corrected chi connectivity index (χ0v) is 17.5. The summed E-state index contributed by atoms with van der Waals surface area (Å²) >= 11 is 1.24. The standard InChI is InChI=1S/C21H16F7N3OS/c22-14-3-4-16-17(9-14)33-19(30-16)31-5-1-2-11(10-31)18(32)29-15-7-12(20(23,24)25)6-13(8-15)21(26,27)28/h3-4,6-9,11H,1-2,5,10H2,(H,29,32). The van der Waals surface area contributed by atoms with Crippen molar-refractivity contribution in [3.8, 4) is 0 Å². The highest BCUT2D eigenvalue weighted by atomic mass is 32.1. The van der Waals surface area contributed by atoms with Gasteiger partial charge in [0, 0.05) is 18.8 Å². The van der Waals surface area contributed by atoms with Crippen LogP contribution in [-0.4, -0.2) is 24.0 Å². The molecule has 1 fully saturated rings. The van der Waals surface area contributed by atoms with Gasteiger partial charge in [0.1, 0.15) is 5.82 Å². The SMILES string of the molecule is O=C(Nc1cc(C(F)(F)F)cc(C(F)(F)F)c1)C1CCCN(c2nc3ccc(F)cc3s2)C1. The number of piperidine rings is 1. The molecule has 33 heavy (non-hydrogen) atoms. The Morgan fingerprint density at radius 2 is 1.70 bits per heavy atom. The van der Waals surface area contributed by atoms with Crippen molar-refractivity contribution in [3.63, 3.8) is 0 Å². The molecule has 3 aromatic rings. The Morgan fingerprint density at radius 1 is 1.03 bits per heavy atom. The van der Waals surface area contributed by atoms with Crippen LogP contribution in [0.3, 0.4) is 0 Å². The van der Waals surface area contributed by atoms with Gasteiger partial charge in [0.05, 0.1) is 27.3 Å². The molecular formula is C21H16F7N3OS. The maximum absolute atomic E-state index is 13.4. The number of nitrogens with one attached hydrogen (secondary N) is 1. The molecule has 1 unspecified atom stereocenters. The molecule has 1 saturated heterocycles. The van der Waals surface area contributed by atoms with Gasteiger partial charge in [-0.2, -0.15) is 26.3 Å². The van der Waals surface area contributed by atoms with E-state index in [9.17, 15) is 35.5 Å². The average molecular weight is 491 g/mol. The lowest BCUT2D eigenvalue weighted by Gasteiger charge is -2.31. The highest BCUT2D eigenvalue weighted by Crippen LogP contribution is 2.38. The molecule has 0 aliphatic carbocycles. The fourth-order valence-corrected chi connectivity index (χ4v) is 4.68. The molecule has 0 radical (unpaired) electrons. The normalized spacial score (nSPS) is 17.4. The van der Waals surface area contributed by atoms with Gasteiger partial charge in [-0.15, -0.1) is 0 Å². The summed E-state index contributed by atoms with van der Waals surface area (Å²) in [7, 11) is 0. The molecule has 1 N–H and O–H groups in total. The fraction of sp³-hybridized carbons (Fsp3) is 0.333. The number of alkyl halides is 6. The van der Waals surface area contributed by atoms with Gasteiger partial charge < -0.3 is 10.2 Å². The number of rotatable bonds is 3. The van der Waals surface area contributed by atoms with Crippen molar-refractivity contribution < 1.29 is 35.5 Å². The fourth-order valence-electron chi connectivity index (χ4n) is 3.66. The minimum absolute atomic E-state index is 0.00790. The average Bonchev–Trinajstić information content (AvgIpc) is 3.15. The van der Waals surface area contributed by atoms with E-state index in [0.717, 1.165) is 0 Å². The number of aromatic nitrogens is 1. The Morgan fingerprint density at radius 3 is 2.33 bits per heavy atom. The number of hydrogen-bond acceptors (Lipinski definition) is 4. The van der Waals surface area contributed by atoms with Crippen molar-refractivity contribution >= 4 is 38.3 Å². The molecule has 2 heterocycles. The number of carbonyl (C=O) groups excluding carboxylic acids is 1. The first kappa shape index (κ1) is 23.3. The first-order valence-corrected chi connectivity index (χ1v) is 10.6. The van der Waals surface area contributed by atoms with Gasteiger partial charge in [0.25, 0.3) is 0 Å². The molecule has 4 nitrogen and oxygen atoms in total. The van der Waals surface area contributed by atoms with E-state index in [2.05, 4.69) is 10.3 Å². The third-order valence-electron chi connectivity index (χ3n) is 5.26. The van der Waals surface area contributed by atoms with Gasteiger partial charge in [-0.1, -0.05) is 11.3 Å². The van der Waals surface area contributed by atoms with Crippen LogP contribution in [0, 0.1) is 11.7 Å². The maximum Gasteiger partial charge on any atom is 0.416 e. The van der Waals surface area contributed by atoms with Gasteiger partial charge in [-0.25, -0.2) is 9.37 Å². The second-order valence-electron chi connectivity index (χ2n) is 7.68. The molecule has 1 amide bonds. The minimum Gasteiger partial charge on any atom is -0.347 e. The molecule has 0 spiro atoms. The van der Waals surface area contributed by atoms with Crippen molar-refractivity contribution in [2.24, 2.45) is 5.92 Å². The van der Waals surface area contributed by atoms with Crippen molar-refractivity contribution in [1.29, 1.82) is 0 Å². The number of halogens is 7. The summed E-state index contributed by atoms with van der Waals surface area (Å²) < 4.78 is 92.4. The second-order valence-corrected chi connectivity index (χ2v) is 8.69. The number of nitrogens with zero attached hydrogens (tertiary/aromatic N) is 2. The van der Waals surface area contributed by atoms with E-state index in [1.54, 1.807) is 0 Å². The predicted molar refractivity (Wildman–Crippen MR) is 110 cm³/mol. The van der Waals surface area contributed by atoms with Crippen LogP contribution in [-0.2, 0) is 17.1 Å². The van der Waals surface area contributed by atoms with E-state index >= 15 is 0 Å². The monoisotopic (exact) mass is 491 g/mol. The maximum atomic E-state index is 13.4. The van der Waals surface area contributed by atoms with Crippen LogP contribution >= 0.6 is 11.3 Å². The zero-order chi connectivity index (χ0) is 24.0. The van der Waals surface area contributed by atoms with Crippen LogP contribution in [0.15, 0.2) is 36.4 Å². The van der Waals surface area contributed by atoms with Crippen LogP contribution in [0.25, 0.3) is 10.2 Å². The molecule has 1 aliphatic rings. The van der Waals surface area contributed by atoms with Crippen LogP contribution in [0.2, 0.25) is 0 Å². The largest absolute Gasteiger partial charge is 0.416 e. The van der Waals surface area contributed by atoms with Gasteiger partial charge in [0.2, 0.25) is 5.91 Å². The van der Waals surface area contributed by atoms with Crippen molar-refractivity contribution in [2.45, 2.75) is 25.2 Å². The molecule has 1 aromatic heterocycles. The van der Waals surface area contributed by atoms with Crippen LogP contribution in [0.5, 0.6) is 0 Å². The number of amides is 1. The molecular weight excluding hydrogens is 475 g/mol. The summed E-state index contributed by atoms with van der Waals surface area (Å²) in [4.78, 5) is 19.0. The van der Waals surface area contributed by atoms with Crippen molar-refractivity contribution in [1.82, 2.24) is 4.98 Å². The number of benzene rings is 2. The number of hydrogen-bond donors (Lipinski definition) is 1. The van der Waals surface area contributed by atoms with E-state index in [1.807, 2.05) is 4.90 Å². The number of thiazole rings is 1. The Kier molecular flexibility index (Phi) is 5.97. The summed E-state index contributed by atoms with van der Waals surface area (Å²) in [5, 5.41) is 2.77. The van der Waals surface area contributed by atoms with Crippen LogP contribution < -0.4 is 10.2 Å². The highest BCUT2D eigenvalue weighted by Gasteiger charge is 2.37. The van der Waals surface area contributed by atoms with Gasteiger partial charge >= 0.3 is 12.4 Å². The Balaban J connectivity index is 1.53. The third-order valence-corrected chi connectivity index (χ3v) is 6.34. The van der Waals surface area contributed by atoms with Crippen LogP contribution in [0.4, 0.5) is 41.6 Å². The number of fused-ring (bicyclic) bond motifs is 1. The van der Waals surface area contributed by atoms with E-state index in [0.29, 0.717) is 46.9 Å². The van der Waals surface area contributed by atoms with Gasteiger partial charge in [0.15, 0.2) is 5.13 Å². The second kappa shape index (κ2) is 8.47. The van der Waals surface area contributed by atoms with E-state index < -0.39 is 46.8 Å². The van der Waals surface area contributed by atoms with Gasteiger partial charge in [-0.05, 0) is 49.2 Å². The summed E-state index contributed by atoms with van der Waals surface area (Å²) in [6.45, 7) is 0.743. The molecule has 1 atom stereocenters.